The summed E-state index contributed by atoms with van der Waals surface area (Å²) in [6.45, 7) is 7.54. The van der Waals surface area contributed by atoms with E-state index in [0.29, 0.717) is 27.3 Å². The summed E-state index contributed by atoms with van der Waals surface area (Å²) in [6.07, 6.45) is 0.0881. The van der Waals surface area contributed by atoms with Gasteiger partial charge in [-0.15, -0.1) is 0 Å². The van der Waals surface area contributed by atoms with Crippen LogP contribution in [-0.4, -0.2) is 17.9 Å². The average molecular weight is 495 g/mol. The number of rotatable bonds is 7. The normalized spacial score (nSPS) is 12.3. The summed E-state index contributed by atoms with van der Waals surface area (Å²) in [4.78, 5) is 36.9. The molecular formula is C27H25ClNO6-. The maximum absolute atomic E-state index is 12.8. The Morgan fingerprint density at radius 1 is 0.971 bits per heavy atom. The number of carboxylic acid groups (broad SMARTS) is 1. The number of amides is 1. The van der Waals surface area contributed by atoms with Crippen LogP contribution in [0.3, 0.4) is 0 Å². The van der Waals surface area contributed by atoms with E-state index in [1.165, 1.54) is 0 Å². The van der Waals surface area contributed by atoms with Crippen molar-refractivity contribution in [3.63, 3.8) is 0 Å². The third kappa shape index (κ3) is 4.82. The van der Waals surface area contributed by atoms with E-state index in [1.54, 1.807) is 24.3 Å². The van der Waals surface area contributed by atoms with Crippen LogP contribution in [-0.2, 0) is 22.4 Å². The van der Waals surface area contributed by atoms with Gasteiger partial charge in [-0.05, 0) is 75.4 Å². The molecule has 0 bridgehead atoms. The number of hydrogen-bond acceptors (Lipinski definition) is 6. The first-order valence-electron chi connectivity index (χ1n) is 11.3. The van der Waals surface area contributed by atoms with E-state index in [4.69, 9.17) is 20.4 Å². The number of fused-ring (bicyclic) bond motifs is 2. The lowest BCUT2D eigenvalue weighted by atomic mass is 9.98. The van der Waals surface area contributed by atoms with Crippen LogP contribution < -0.4 is 16.0 Å². The van der Waals surface area contributed by atoms with Gasteiger partial charge in [0.25, 0.3) is 0 Å². The van der Waals surface area contributed by atoms with E-state index < -0.39 is 23.5 Å². The topological polar surface area (TPSA) is 113 Å². The number of carbonyl (C=O) groups excluding carboxylic acids is 2. The minimum Gasteiger partial charge on any atom is -0.548 e. The van der Waals surface area contributed by atoms with E-state index in [1.807, 2.05) is 33.8 Å². The van der Waals surface area contributed by atoms with Crippen LogP contribution in [0.2, 0.25) is 5.02 Å². The Hall–Kier alpha value is -3.58. The van der Waals surface area contributed by atoms with E-state index >= 15 is 0 Å². The molecule has 0 aliphatic rings. The summed E-state index contributed by atoms with van der Waals surface area (Å²) in [5, 5.41) is 16.3. The smallest absolute Gasteiger partial charge is 0.339 e. The second-order valence-electron chi connectivity index (χ2n) is 8.80. The molecule has 7 nitrogen and oxygen atoms in total. The molecule has 35 heavy (non-hydrogen) atoms. The standard InChI is InChI=1S/C27H26ClNO6/c1-13-16(4)34-24-15(3)25-21(12-20(13)24)14(2)19(27(33)35-25)9-10-23(30)29-22(26(31)32)11-17-5-7-18(28)8-6-17/h5-8,12,22H,9-11H2,1-4H3,(H,29,30)(H,31,32)/p-1/t22-/m1/s1. The summed E-state index contributed by atoms with van der Waals surface area (Å²) < 4.78 is 11.5. The van der Waals surface area contributed by atoms with Gasteiger partial charge < -0.3 is 24.1 Å². The molecule has 0 aliphatic heterocycles. The summed E-state index contributed by atoms with van der Waals surface area (Å²) in [7, 11) is 0. The molecule has 2 heterocycles. The van der Waals surface area contributed by atoms with Gasteiger partial charge in [0.05, 0.1) is 12.0 Å². The molecule has 1 N–H and O–H groups in total. The number of carbonyl (C=O) groups is 2. The number of benzene rings is 2. The van der Waals surface area contributed by atoms with Crippen molar-refractivity contribution in [2.45, 2.75) is 53.0 Å². The third-order valence-electron chi connectivity index (χ3n) is 6.52. The molecule has 1 amide bonds. The first-order chi connectivity index (χ1) is 16.6. The Bertz CT molecular complexity index is 1510. The van der Waals surface area contributed by atoms with Gasteiger partial charge in [-0.3, -0.25) is 4.79 Å². The lowest BCUT2D eigenvalue weighted by Crippen LogP contribution is -2.49. The first kappa shape index (κ1) is 24.5. The van der Waals surface area contributed by atoms with Crippen LogP contribution in [0.5, 0.6) is 0 Å². The summed E-state index contributed by atoms with van der Waals surface area (Å²) in [6, 6.07) is 7.42. The van der Waals surface area contributed by atoms with Crippen LogP contribution in [0.25, 0.3) is 21.9 Å². The van der Waals surface area contributed by atoms with Gasteiger partial charge in [0.2, 0.25) is 5.91 Å². The van der Waals surface area contributed by atoms with E-state index in [-0.39, 0.29) is 19.3 Å². The summed E-state index contributed by atoms with van der Waals surface area (Å²) in [5.74, 6) is -1.09. The molecule has 0 fully saturated rings. The second kappa shape index (κ2) is 9.58. The van der Waals surface area contributed by atoms with Gasteiger partial charge in [0, 0.05) is 33.3 Å². The maximum atomic E-state index is 12.8. The van der Waals surface area contributed by atoms with Crippen molar-refractivity contribution in [3.8, 4) is 0 Å². The van der Waals surface area contributed by atoms with Crippen molar-refractivity contribution in [2.24, 2.45) is 0 Å². The van der Waals surface area contributed by atoms with Gasteiger partial charge in [-0.1, -0.05) is 23.7 Å². The van der Waals surface area contributed by atoms with Gasteiger partial charge in [0.1, 0.15) is 16.9 Å². The van der Waals surface area contributed by atoms with Crippen LogP contribution in [0.4, 0.5) is 0 Å². The molecule has 182 valence electrons. The number of aryl methyl sites for hydroxylation is 4. The molecule has 1 atom stereocenters. The zero-order chi connectivity index (χ0) is 25.4. The Morgan fingerprint density at radius 2 is 1.60 bits per heavy atom. The van der Waals surface area contributed by atoms with Crippen molar-refractivity contribution >= 4 is 45.4 Å². The molecule has 0 spiro atoms. The van der Waals surface area contributed by atoms with Gasteiger partial charge in [0.15, 0.2) is 0 Å². The molecule has 4 rings (SSSR count). The third-order valence-corrected chi connectivity index (χ3v) is 6.77. The monoisotopic (exact) mass is 494 g/mol. The Balaban J connectivity index is 1.56. The van der Waals surface area contributed by atoms with Crippen molar-refractivity contribution < 1.29 is 23.5 Å². The number of halogens is 1. The van der Waals surface area contributed by atoms with Crippen molar-refractivity contribution in [2.75, 3.05) is 0 Å². The van der Waals surface area contributed by atoms with Crippen LogP contribution in [0.15, 0.2) is 44.0 Å². The number of carboxylic acids is 1. The average Bonchev–Trinajstić information content (AvgIpc) is 3.09. The minimum atomic E-state index is -1.39. The molecule has 4 aromatic rings. The molecule has 2 aromatic heterocycles. The Labute approximate surface area is 206 Å². The van der Waals surface area contributed by atoms with Gasteiger partial charge >= 0.3 is 5.63 Å². The summed E-state index contributed by atoms with van der Waals surface area (Å²) in [5.41, 5.74) is 4.20. The molecule has 8 heteroatoms. The maximum Gasteiger partial charge on any atom is 0.339 e. The number of nitrogens with one attached hydrogen (secondary N) is 1. The molecular weight excluding hydrogens is 470 g/mol. The molecule has 0 radical (unpaired) electrons. The highest BCUT2D eigenvalue weighted by Crippen LogP contribution is 2.34. The highest BCUT2D eigenvalue weighted by atomic mass is 35.5. The molecule has 2 aromatic carbocycles. The molecule has 0 saturated heterocycles. The van der Waals surface area contributed by atoms with E-state index in [2.05, 4.69) is 5.32 Å². The fraction of sp³-hybridized carbons (Fsp3) is 0.296. The lowest BCUT2D eigenvalue weighted by molar-refractivity contribution is -0.308. The molecule has 0 unspecified atom stereocenters. The lowest BCUT2D eigenvalue weighted by Gasteiger charge is -2.20. The van der Waals surface area contributed by atoms with Crippen molar-refractivity contribution in [1.29, 1.82) is 0 Å². The van der Waals surface area contributed by atoms with Crippen LogP contribution in [0.1, 0.15) is 40.0 Å². The summed E-state index contributed by atoms with van der Waals surface area (Å²) >= 11 is 5.87. The van der Waals surface area contributed by atoms with Crippen LogP contribution >= 0.6 is 11.6 Å². The number of furan rings is 1. The first-order valence-corrected chi connectivity index (χ1v) is 11.6. The highest BCUT2D eigenvalue weighted by Gasteiger charge is 2.20. The van der Waals surface area contributed by atoms with Gasteiger partial charge in [-0.25, -0.2) is 4.79 Å². The fourth-order valence-corrected chi connectivity index (χ4v) is 4.46. The fourth-order valence-electron chi connectivity index (χ4n) is 4.34. The Kier molecular flexibility index (Phi) is 6.72. The second-order valence-corrected chi connectivity index (χ2v) is 9.24. The van der Waals surface area contributed by atoms with E-state index in [9.17, 15) is 19.5 Å². The highest BCUT2D eigenvalue weighted by molar-refractivity contribution is 6.30. The predicted octanol–water partition coefficient (Wildman–Crippen LogP) is 3.84. The minimum absolute atomic E-state index is 0.0567. The van der Waals surface area contributed by atoms with Crippen molar-refractivity contribution in [1.82, 2.24) is 5.32 Å². The predicted molar refractivity (Wildman–Crippen MR) is 132 cm³/mol. The number of aliphatic carboxylic acids is 1. The Morgan fingerprint density at radius 3 is 2.26 bits per heavy atom. The zero-order valence-electron chi connectivity index (χ0n) is 19.9. The van der Waals surface area contributed by atoms with Gasteiger partial charge in [-0.2, -0.15) is 0 Å². The quantitative estimate of drug-likeness (QED) is 0.391. The van der Waals surface area contributed by atoms with Crippen molar-refractivity contribution in [3.05, 3.63) is 79.4 Å². The SMILES string of the molecule is Cc1oc2c(C)c3oc(=O)c(CCC(=O)N[C@H](Cc4ccc(Cl)cc4)C(=O)[O-])c(C)c3cc2c1C. The molecule has 0 saturated carbocycles. The van der Waals surface area contributed by atoms with E-state index in [0.717, 1.165) is 33.2 Å². The van der Waals surface area contributed by atoms with Crippen LogP contribution in [0, 0.1) is 27.7 Å². The number of hydrogen-bond donors (Lipinski definition) is 1. The zero-order valence-corrected chi connectivity index (χ0v) is 20.7. The largest absolute Gasteiger partial charge is 0.548 e. The molecule has 0 aliphatic carbocycles.